The molecule has 8 nitrogen and oxygen atoms in total. The number of rotatable bonds is 7. The monoisotopic (exact) mass is 474 g/mol. The molecule has 4 rings (SSSR count). The molecular formula is C27H34N6O2. The highest BCUT2D eigenvalue weighted by Crippen LogP contribution is 2.21. The predicted molar refractivity (Wildman–Crippen MR) is 143 cm³/mol. The highest BCUT2D eigenvalue weighted by atomic mass is 16.5. The first kappa shape index (κ1) is 25.8. The van der Waals surface area contributed by atoms with Crippen LogP contribution in [0.25, 0.3) is 16.7 Å². The summed E-state index contributed by atoms with van der Waals surface area (Å²) in [7, 11) is 3.92. The highest BCUT2D eigenvalue weighted by Gasteiger charge is 2.15. The van der Waals surface area contributed by atoms with E-state index in [1.54, 1.807) is 25.6 Å². The molecule has 3 aromatic rings. The molecule has 1 saturated heterocycles. The van der Waals surface area contributed by atoms with Crippen molar-refractivity contribution >= 4 is 34.7 Å². The first-order valence-corrected chi connectivity index (χ1v) is 11.9. The average Bonchev–Trinajstić information content (AvgIpc) is 2.91. The maximum atomic E-state index is 10.6. The van der Waals surface area contributed by atoms with Crippen LogP contribution >= 0.6 is 0 Å². The van der Waals surface area contributed by atoms with Gasteiger partial charge in [-0.05, 0) is 50.7 Å². The number of carbonyl (C=O) groups is 1. The third kappa shape index (κ3) is 7.35. The van der Waals surface area contributed by atoms with Crippen molar-refractivity contribution in [2.75, 3.05) is 50.5 Å². The van der Waals surface area contributed by atoms with Crippen molar-refractivity contribution in [2.45, 2.75) is 20.3 Å². The predicted octanol–water partition coefficient (Wildman–Crippen LogP) is 4.62. The second kappa shape index (κ2) is 13.2. The van der Waals surface area contributed by atoms with E-state index in [9.17, 15) is 4.79 Å². The normalized spacial score (nSPS) is 14.5. The van der Waals surface area contributed by atoms with Crippen LogP contribution in [0.3, 0.4) is 0 Å². The van der Waals surface area contributed by atoms with Gasteiger partial charge in [-0.25, -0.2) is 15.0 Å². The van der Waals surface area contributed by atoms with Crippen LogP contribution in [0.4, 0.5) is 11.8 Å². The number of nitrogens with zero attached hydrogens (tertiary/aromatic N) is 5. The van der Waals surface area contributed by atoms with Crippen molar-refractivity contribution in [1.82, 2.24) is 19.9 Å². The number of anilines is 2. The van der Waals surface area contributed by atoms with Crippen molar-refractivity contribution in [1.29, 1.82) is 0 Å². The molecule has 2 aromatic heterocycles. The summed E-state index contributed by atoms with van der Waals surface area (Å²) in [6, 6.07) is 9.60. The number of hydrogen-bond acceptors (Lipinski definition) is 8. The van der Waals surface area contributed by atoms with Crippen molar-refractivity contribution in [2.24, 2.45) is 0 Å². The van der Waals surface area contributed by atoms with Gasteiger partial charge in [0.1, 0.15) is 17.9 Å². The standard InChI is InChI=1S/C16H19N3O.C11H15N3O/c1-4-6-9-20-15(5-2)12-7-8-13-11-18-16(17-3)19-14(13)10-12;1-13-4-6-14(7-5-13)11-8-10(9-15)2-3-12-11/h5-11H,4H2,1-3H3,(H,17,18,19);2-3,8-9H,4-7H2,1H3/b9-6+,15-5-;. The topological polar surface area (TPSA) is 83.5 Å². The van der Waals surface area contributed by atoms with Crippen LogP contribution in [0.2, 0.25) is 0 Å². The van der Waals surface area contributed by atoms with Crippen molar-refractivity contribution in [3.8, 4) is 0 Å². The molecule has 1 aliphatic heterocycles. The Balaban J connectivity index is 0.000000203. The molecule has 0 spiro atoms. The smallest absolute Gasteiger partial charge is 0.222 e. The lowest BCUT2D eigenvalue weighted by molar-refractivity contribution is 0.112. The first-order chi connectivity index (χ1) is 17.1. The van der Waals surface area contributed by atoms with Crippen molar-refractivity contribution in [3.63, 3.8) is 0 Å². The van der Waals surface area contributed by atoms with Gasteiger partial charge in [0.2, 0.25) is 5.95 Å². The molecule has 0 radical (unpaired) electrons. The molecule has 0 saturated carbocycles. The second-order valence-corrected chi connectivity index (χ2v) is 8.12. The zero-order chi connectivity index (χ0) is 25.0. The number of nitrogens with one attached hydrogen (secondary N) is 1. The van der Waals surface area contributed by atoms with E-state index in [0.29, 0.717) is 11.5 Å². The highest BCUT2D eigenvalue weighted by molar-refractivity contribution is 5.82. The Morgan fingerprint density at radius 1 is 1.14 bits per heavy atom. The van der Waals surface area contributed by atoms with E-state index in [0.717, 1.165) is 66.9 Å². The summed E-state index contributed by atoms with van der Waals surface area (Å²) in [6.45, 7) is 8.08. The lowest BCUT2D eigenvalue weighted by Gasteiger charge is -2.33. The van der Waals surface area contributed by atoms with E-state index in [-0.39, 0.29) is 0 Å². The zero-order valence-electron chi connectivity index (χ0n) is 20.9. The van der Waals surface area contributed by atoms with E-state index < -0.39 is 0 Å². The second-order valence-electron chi connectivity index (χ2n) is 8.12. The maximum absolute atomic E-state index is 10.6. The summed E-state index contributed by atoms with van der Waals surface area (Å²) in [5.74, 6) is 2.34. The largest absolute Gasteiger partial charge is 0.465 e. The molecule has 35 heavy (non-hydrogen) atoms. The molecule has 3 heterocycles. The number of aromatic nitrogens is 3. The Morgan fingerprint density at radius 2 is 1.94 bits per heavy atom. The SMILES string of the molecule is C/C=C(\O/C=C/CC)c1ccc2cnc(NC)nc2c1.CN1CCN(c2cc(C=O)ccn2)CC1. The Morgan fingerprint density at radius 3 is 2.63 bits per heavy atom. The van der Waals surface area contributed by atoms with Crippen LogP contribution in [0.5, 0.6) is 0 Å². The zero-order valence-corrected chi connectivity index (χ0v) is 20.9. The number of allylic oxidation sites excluding steroid dienone is 2. The number of likely N-dealkylation sites (N-methyl/N-ethyl adjacent to an activating group) is 1. The molecule has 1 fully saturated rings. The summed E-state index contributed by atoms with van der Waals surface area (Å²) in [6.07, 6.45) is 11.0. The minimum absolute atomic E-state index is 0.614. The quantitative estimate of drug-likeness (QED) is 0.392. The lowest BCUT2D eigenvalue weighted by Crippen LogP contribution is -2.44. The van der Waals surface area contributed by atoms with Gasteiger partial charge in [0.15, 0.2) is 0 Å². The number of benzene rings is 1. The van der Waals surface area contributed by atoms with Crippen LogP contribution < -0.4 is 10.2 Å². The van der Waals surface area contributed by atoms with E-state index in [1.807, 2.05) is 49.5 Å². The van der Waals surface area contributed by atoms with Gasteiger partial charge in [0, 0.05) is 62.1 Å². The average molecular weight is 475 g/mol. The van der Waals surface area contributed by atoms with Gasteiger partial charge in [-0.3, -0.25) is 4.79 Å². The molecule has 0 aliphatic carbocycles. The Hall–Kier alpha value is -3.78. The summed E-state index contributed by atoms with van der Waals surface area (Å²) in [5, 5.41) is 3.95. The number of ether oxygens (including phenoxy) is 1. The van der Waals surface area contributed by atoms with Gasteiger partial charge in [-0.1, -0.05) is 19.1 Å². The number of aldehydes is 1. The minimum atomic E-state index is 0.614. The van der Waals surface area contributed by atoms with Crippen LogP contribution in [0.1, 0.15) is 36.2 Å². The molecule has 0 atom stereocenters. The van der Waals surface area contributed by atoms with Crippen molar-refractivity contribution in [3.05, 3.63) is 72.3 Å². The fourth-order valence-electron chi connectivity index (χ4n) is 3.53. The van der Waals surface area contributed by atoms with E-state index >= 15 is 0 Å². The third-order valence-electron chi connectivity index (χ3n) is 5.61. The molecule has 0 unspecified atom stereocenters. The molecule has 1 aliphatic rings. The molecule has 0 amide bonds. The number of fused-ring (bicyclic) bond motifs is 1. The molecule has 1 N–H and O–H groups in total. The van der Waals surface area contributed by atoms with Crippen LogP contribution in [-0.4, -0.2) is 66.4 Å². The number of piperazine rings is 1. The summed E-state index contributed by atoms with van der Waals surface area (Å²) in [4.78, 5) is 28.1. The van der Waals surface area contributed by atoms with Gasteiger partial charge in [-0.15, -0.1) is 0 Å². The summed E-state index contributed by atoms with van der Waals surface area (Å²) >= 11 is 0. The third-order valence-corrected chi connectivity index (χ3v) is 5.61. The van der Waals surface area contributed by atoms with Gasteiger partial charge < -0.3 is 19.9 Å². The summed E-state index contributed by atoms with van der Waals surface area (Å²) < 4.78 is 5.64. The minimum Gasteiger partial charge on any atom is -0.465 e. The van der Waals surface area contributed by atoms with Crippen LogP contribution in [0.15, 0.2) is 61.1 Å². The van der Waals surface area contributed by atoms with Crippen LogP contribution in [-0.2, 0) is 4.74 Å². The number of hydrogen-bond donors (Lipinski definition) is 1. The van der Waals surface area contributed by atoms with Gasteiger partial charge in [0.05, 0.1) is 11.8 Å². The maximum Gasteiger partial charge on any atom is 0.222 e. The number of carbonyl (C=O) groups excluding carboxylic acids is 1. The van der Waals surface area contributed by atoms with Crippen molar-refractivity contribution < 1.29 is 9.53 Å². The van der Waals surface area contributed by atoms with Gasteiger partial charge in [0.25, 0.3) is 0 Å². The van der Waals surface area contributed by atoms with E-state index in [1.165, 1.54) is 0 Å². The molecule has 184 valence electrons. The molecule has 1 aromatic carbocycles. The Labute approximate surface area is 207 Å². The fraction of sp³-hybridized carbons (Fsp3) is 0.333. The Kier molecular flexibility index (Phi) is 9.74. The number of pyridine rings is 1. The van der Waals surface area contributed by atoms with Gasteiger partial charge >= 0.3 is 0 Å². The summed E-state index contributed by atoms with van der Waals surface area (Å²) in [5.41, 5.74) is 2.59. The Bertz CT molecular complexity index is 1170. The van der Waals surface area contributed by atoms with E-state index in [4.69, 9.17) is 4.74 Å². The lowest BCUT2D eigenvalue weighted by atomic mass is 10.1. The van der Waals surface area contributed by atoms with Gasteiger partial charge in [-0.2, -0.15) is 0 Å². The first-order valence-electron chi connectivity index (χ1n) is 11.9. The fourth-order valence-corrected chi connectivity index (χ4v) is 3.53. The molecular weight excluding hydrogens is 440 g/mol. The van der Waals surface area contributed by atoms with E-state index in [2.05, 4.69) is 44.0 Å². The molecule has 0 bridgehead atoms. The van der Waals surface area contributed by atoms with Crippen LogP contribution in [0, 0.1) is 0 Å². The molecule has 8 heteroatoms.